The van der Waals surface area contributed by atoms with Crippen LogP contribution < -0.4 is 0 Å². The predicted molar refractivity (Wildman–Crippen MR) is 102 cm³/mol. The number of rotatable bonds is 4. The number of carbonyl (C=O) groups is 1. The Morgan fingerprint density at radius 3 is 2.65 bits per heavy atom. The summed E-state index contributed by atoms with van der Waals surface area (Å²) in [5, 5.41) is 1.14. The smallest absolute Gasteiger partial charge is 0.410 e. The lowest BCUT2D eigenvalue weighted by molar-refractivity contribution is 0.0105. The van der Waals surface area contributed by atoms with E-state index in [1.54, 1.807) is 4.90 Å². The first-order chi connectivity index (χ1) is 12.4. The Morgan fingerprint density at radius 2 is 1.92 bits per heavy atom. The highest BCUT2D eigenvalue weighted by molar-refractivity contribution is 5.81. The van der Waals surface area contributed by atoms with Gasteiger partial charge in [-0.3, -0.25) is 4.98 Å². The second-order valence-electron chi connectivity index (χ2n) is 7.92. The standard InChI is InChI=1S/C21H28N2O3/c1-21(2,3)26-20(24)23-12-9-16(10-13-23)14-25-15-18-7-4-6-17-8-5-11-22-19(17)18/h4-8,11,16H,9-10,12-15H2,1-3H3. The molecular weight excluding hydrogens is 328 g/mol. The predicted octanol–water partition coefficient (Wildman–Crippen LogP) is 4.40. The number of likely N-dealkylation sites (tertiary alicyclic amines) is 1. The zero-order valence-electron chi connectivity index (χ0n) is 15.9. The van der Waals surface area contributed by atoms with Crippen LogP contribution in [0.15, 0.2) is 36.5 Å². The van der Waals surface area contributed by atoms with E-state index in [0.29, 0.717) is 19.1 Å². The average molecular weight is 356 g/mol. The van der Waals surface area contributed by atoms with Crippen LogP contribution in [0.4, 0.5) is 4.79 Å². The minimum Gasteiger partial charge on any atom is -0.444 e. The van der Waals surface area contributed by atoms with Crippen LogP contribution in [0, 0.1) is 5.92 Å². The molecule has 1 aliphatic rings. The molecule has 0 aliphatic carbocycles. The fourth-order valence-corrected chi connectivity index (χ4v) is 3.23. The van der Waals surface area contributed by atoms with Crippen LogP contribution >= 0.6 is 0 Å². The minimum absolute atomic E-state index is 0.210. The van der Waals surface area contributed by atoms with Gasteiger partial charge in [-0.1, -0.05) is 24.3 Å². The summed E-state index contributed by atoms with van der Waals surface area (Å²) >= 11 is 0. The SMILES string of the molecule is CC(C)(C)OC(=O)N1CCC(COCc2cccc3cccnc23)CC1. The zero-order chi connectivity index (χ0) is 18.6. The van der Waals surface area contributed by atoms with Crippen LogP contribution in [-0.2, 0) is 16.1 Å². The van der Waals surface area contributed by atoms with E-state index in [9.17, 15) is 4.79 Å². The summed E-state index contributed by atoms with van der Waals surface area (Å²) in [6, 6.07) is 10.2. The van der Waals surface area contributed by atoms with Crippen molar-refractivity contribution in [2.45, 2.75) is 45.8 Å². The second kappa shape index (κ2) is 8.04. The Hall–Kier alpha value is -2.14. The minimum atomic E-state index is -0.441. The molecule has 0 radical (unpaired) electrons. The lowest BCUT2D eigenvalue weighted by atomic mass is 9.98. The first-order valence-electron chi connectivity index (χ1n) is 9.31. The molecule has 140 valence electrons. The lowest BCUT2D eigenvalue weighted by Crippen LogP contribution is -2.42. The van der Waals surface area contributed by atoms with Crippen LogP contribution in [-0.4, -0.2) is 41.3 Å². The quantitative estimate of drug-likeness (QED) is 0.815. The zero-order valence-corrected chi connectivity index (χ0v) is 15.9. The largest absolute Gasteiger partial charge is 0.444 e. The van der Waals surface area contributed by atoms with Crippen molar-refractivity contribution in [2.75, 3.05) is 19.7 Å². The van der Waals surface area contributed by atoms with Crippen molar-refractivity contribution in [1.29, 1.82) is 0 Å². The van der Waals surface area contributed by atoms with Crippen LogP contribution in [0.5, 0.6) is 0 Å². The third-order valence-electron chi connectivity index (χ3n) is 4.59. The number of amides is 1. The van der Waals surface area contributed by atoms with Crippen molar-refractivity contribution < 1.29 is 14.3 Å². The van der Waals surface area contributed by atoms with Crippen molar-refractivity contribution >= 4 is 17.0 Å². The van der Waals surface area contributed by atoms with Crippen LogP contribution in [0.25, 0.3) is 10.9 Å². The Labute approximate surface area is 155 Å². The Morgan fingerprint density at radius 1 is 1.19 bits per heavy atom. The molecule has 26 heavy (non-hydrogen) atoms. The average Bonchev–Trinajstić information content (AvgIpc) is 2.61. The van der Waals surface area contributed by atoms with Gasteiger partial charge in [-0.15, -0.1) is 0 Å². The highest BCUT2D eigenvalue weighted by atomic mass is 16.6. The number of carbonyl (C=O) groups excluding carboxylic acids is 1. The van der Waals surface area contributed by atoms with Gasteiger partial charge in [0.1, 0.15) is 5.60 Å². The number of benzene rings is 1. The van der Waals surface area contributed by atoms with Gasteiger partial charge in [-0.25, -0.2) is 4.79 Å². The number of nitrogens with zero attached hydrogens (tertiary/aromatic N) is 2. The lowest BCUT2D eigenvalue weighted by Gasteiger charge is -2.33. The first-order valence-corrected chi connectivity index (χ1v) is 9.31. The van der Waals surface area contributed by atoms with Gasteiger partial charge in [0.05, 0.1) is 12.1 Å². The van der Waals surface area contributed by atoms with Gasteiger partial charge in [0.15, 0.2) is 0 Å². The van der Waals surface area contributed by atoms with E-state index < -0.39 is 5.60 Å². The number of pyridine rings is 1. The van der Waals surface area contributed by atoms with Crippen molar-refractivity contribution in [3.05, 3.63) is 42.1 Å². The van der Waals surface area contributed by atoms with E-state index in [2.05, 4.69) is 23.2 Å². The highest BCUT2D eigenvalue weighted by Crippen LogP contribution is 2.21. The fraction of sp³-hybridized carbons (Fsp3) is 0.524. The van der Waals surface area contributed by atoms with Gasteiger partial charge in [-0.05, 0) is 45.6 Å². The summed E-state index contributed by atoms with van der Waals surface area (Å²) < 4.78 is 11.4. The van der Waals surface area contributed by atoms with Crippen LogP contribution in [0.1, 0.15) is 39.2 Å². The topological polar surface area (TPSA) is 51.7 Å². The summed E-state index contributed by atoms with van der Waals surface area (Å²) in [4.78, 5) is 18.4. The number of para-hydroxylation sites is 1. The summed E-state index contributed by atoms with van der Waals surface area (Å²) in [5.74, 6) is 0.483. The highest BCUT2D eigenvalue weighted by Gasteiger charge is 2.26. The molecule has 0 spiro atoms. The van der Waals surface area contributed by atoms with E-state index in [4.69, 9.17) is 9.47 Å². The maximum atomic E-state index is 12.1. The number of aromatic nitrogens is 1. The second-order valence-corrected chi connectivity index (χ2v) is 7.92. The third kappa shape index (κ3) is 4.94. The molecule has 1 fully saturated rings. The maximum absolute atomic E-state index is 12.1. The molecule has 0 N–H and O–H groups in total. The van der Waals surface area contributed by atoms with E-state index in [0.717, 1.165) is 42.4 Å². The van der Waals surface area contributed by atoms with Gasteiger partial charge < -0.3 is 14.4 Å². The number of piperidine rings is 1. The van der Waals surface area contributed by atoms with E-state index in [1.165, 1.54) is 0 Å². The van der Waals surface area contributed by atoms with E-state index >= 15 is 0 Å². The monoisotopic (exact) mass is 356 g/mol. The molecule has 5 heteroatoms. The number of ether oxygens (including phenoxy) is 2. The number of hydrogen-bond donors (Lipinski definition) is 0. The molecule has 1 saturated heterocycles. The molecule has 1 amide bonds. The molecule has 0 saturated carbocycles. The molecular formula is C21H28N2O3. The number of hydrogen-bond acceptors (Lipinski definition) is 4. The van der Waals surface area contributed by atoms with E-state index in [-0.39, 0.29) is 6.09 Å². The first kappa shape index (κ1) is 18.6. The molecule has 3 rings (SSSR count). The molecule has 1 aromatic heterocycles. The Kier molecular flexibility index (Phi) is 5.77. The van der Waals surface area contributed by atoms with Crippen LogP contribution in [0.3, 0.4) is 0 Å². The van der Waals surface area contributed by atoms with Crippen molar-refractivity contribution in [1.82, 2.24) is 9.88 Å². The van der Waals surface area contributed by atoms with Gasteiger partial charge in [0, 0.05) is 36.8 Å². The van der Waals surface area contributed by atoms with Gasteiger partial charge >= 0.3 is 6.09 Å². The van der Waals surface area contributed by atoms with Crippen LogP contribution in [0.2, 0.25) is 0 Å². The normalized spacial score (nSPS) is 16.0. The molecule has 0 atom stereocenters. The molecule has 0 unspecified atom stereocenters. The summed E-state index contributed by atoms with van der Waals surface area (Å²) in [7, 11) is 0. The summed E-state index contributed by atoms with van der Waals surface area (Å²) in [5.41, 5.74) is 1.69. The molecule has 1 aromatic carbocycles. The molecule has 0 bridgehead atoms. The van der Waals surface area contributed by atoms with Gasteiger partial charge in [0.2, 0.25) is 0 Å². The van der Waals surface area contributed by atoms with Gasteiger partial charge in [-0.2, -0.15) is 0 Å². The molecule has 5 nitrogen and oxygen atoms in total. The summed E-state index contributed by atoms with van der Waals surface area (Å²) in [6.45, 7) is 8.44. The molecule has 2 heterocycles. The van der Waals surface area contributed by atoms with Gasteiger partial charge in [0.25, 0.3) is 0 Å². The maximum Gasteiger partial charge on any atom is 0.410 e. The Balaban J connectivity index is 1.45. The van der Waals surface area contributed by atoms with Crippen molar-refractivity contribution in [2.24, 2.45) is 5.92 Å². The van der Waals surface area contributed by atoms with Crippen molar-refractivity contribution in [3.8, 4) is 0 Å². The molecule has 1 aliphatic heterocycles. The summed E-state index contributed by atoms with van der Waals surface area (Å²) in [6.07, 6.45) is 3.51. The Bertz CT molecular complexity index is 741. The number of fused-ring (bicyclic) bond motifs is 1. The third-order valence-corrected chi connectivity index (χ3v) is 4.59. The van der Waals surface area contributed by atoms with E-state index in [1.807, 2.05) is 39.1 Å². The van der Waals surface area contributed by atoms with Crippen molar-refractivity contribution in [3.63, 3.8) is 0 Å². The molecule has 2 aromatic rings. The fourth-order valence-electron chi connectivity index (χ4n) is 3.23.